The predicted molar refractivity (Wildman–Crippen MR) is 159 cm³/mol. The second-order valence-electron chi connectivity index (χ2n) is 12.0. The van der Waals surface area contributed by atoms with E-state index in [0.717, 1.165) is 36.8 Å². The number of carbonyl (C=O) groups is 3. The molecule has 3 aliphatic heterocycles. The second-order valence-corrected chi connectivity index (χ2v) is 12.0. The first-order valence-electron chi connectivity index (χ1n) is 15.3. The largest absolute Gasteiger partial charge is 0.493 e. The number of hydrogen-bond acceptors (Lipinski definition) is 7. The molecule has 0 radical (unpaired) electrons. The van der Waals surface area contributed by atoms with Gasteiger partial charge < -0.3 is 24.6 Å². The Morgan fingerprint density at radius 2 is 1.91 bits per heavy atom. The van der Waals surface area contributed by atoms with Gasteiger partial charge in [-0.25, -0.2) is 9.97 Å². The molecule has 0 aliphatic carbocycles. The van der Waals surface area contributed by atoms with Gasteiger partial charge in [-0.05, 0) is 73.6 Å². The number of piperidine rings is 2. The van der Waals surface area contributed by atoms with Crippen LogP contribution in [0.5, 0.6) is 11.5 Å². The minimum absolute atomic E-state index is 0.0243. The molecule has 0 saturated carbocycles. The fraction of sp³-hybridized carbons (Fsp3) is 0.531. The first kappa shape index (κ1) is 28.9. The quantitative estimate of drug-likeness (QED) is 0.500. The minimum atomic E-state index is -0.100. The molecule has 3 atom stereocenters. The van der Waals surface area contributed by atoms with Crippen LogP contribution in [0.3, 0.4) is 0 Å². The number of imidazole rings is 1. The van der Waals surface area contributed by atoms with Crippen LogP contribution < -0.4 is 14.8 Å². The van der Waals surface area contributed by atoms with Crippen LogP contribution in [-0.4, -0.2) is 88.3 Å². The number of carbonyl (C=O) groups excluding carboxylic acids is 3. The Kier molecular flexibility index (Phi) is 8.49. The first-order valence-corrected chi connectivity index (χ1v) is 15.3. The number of rotatable bonds is 3. The third-order valence-corrected chi connectivity index (χ3v) is 9.12. The van der Waals surface area contributed by atoms with Crippen LogP contribution in [0.2, 0.25) is 0 Å². The maximum atomic E-state index is 13.8. The Labute approximate surface area is 251 Å². The molecule has 0 spiro atoms. The van der Waals surface area contributed by atoms with Gasteiger partial charge in [-0.15, -0.1) is 0 Å². The molecule has 3 aliphatic rings. The van der Waals surface area contributed by atoms with E-state index in [-0.39, 0.29) is 35.6 Å². The van der Waals surface area contributed by atoms with E-state index in [0.29, 0.717) is 74.8 Å². The molecule has 3 amide bonds. The summed E-state index contributed by atoms with van der Waals surface area (Å²) in [5, 5.41) is 3.06. The summed E-state index contributed by atoms with van der Waals surface area (Å²) >= 11 is 0. The monoisotopic (exact) mass is 588 g/mol. The predicted octanol–water partition coefficient (Wildman–Crippen LogP) is 2.90. The highest BCUT2D eigenvalue weighted by Crippen LogP contribution is 2.37. The van der Waals surface area contributed by atoms with Crippen molar-refractivity contribution in [3.8, 4) is 11.5 Å². The van der Waals surface area contributed by atoms with Crippen molar-refractivity contribution in [2.24, 2.45) is 11.8 Å². The van der Waals surface area contributed by atoms with Crippen molar-refractivity contribution in [3.05, 3.63) is 53.6 Å². The van der Waals surface area contributed by atoms with E-state index >= 15 is 0 Å². The molecule has 228 valence electrons. The number of hydrogen-bond donors (Lipinski definition) is 1. The SMILES string of the molecule is COc1cc2cc(c1OC)CCCNC(=O)CCC[C@H]1[C@H]3C[C@@H](CN(C(=O)c4cn5cccnc5n4)C3)CN1C(=O)CC2. The van der Waals surface area contributed by atoms with Crippen molar-refractivity contribution >= 4 is 23.5 Å². The number of fused-ring (bicyclic) bond motifs is 7. The van der Waals surface area contributed by atoms with E-state index in [1.165, 1.54) is 0 Å². The zero-order chi connectivity index (χ0) is 29.9. The van der Waals surface area contributed by atoms with Gasteiger partial charge in [0.1, 0.15) is 5.69 Å². The van der Waals surface area contributed by atoms with Gasteiger partial charge in [-0.2, -0.15) is 0 Å². The number of nitrogens with one attached hydrogen (secondary N) is 1. The van der Waals surface area contributed by atoms with Crippen molar-refractivity contribution in [1.29, 1.82) is 0 Å². The van der Waals surface area contributed by atoms with Gasteiger partial charge in [0.15, 0.2) is 11.5 Å². The van der Waals surface area contributed by atoms with Crippen LogP contribution >= 0.6 is 0 Å². The standard InChI is InChI=1S/C32H40N6O5/c1-42-27-16-21-9-10-29(40)38-18-22-15-24(19-37(17-22)31(41)25-20-36-13-5-12-34-32(36)35-25)26(38)7-3-8-28(39)33-11-4-6-23(14-21)30(27)43-2/h5,12-14,16,20,22,24,26H,3-4,6-11,15,17-19H2,1-2H3,(H,33,39)/t22-,24-,26-/m0/s1. The van der Waals surface area contributed by atoms with Crippen molar-refractivity contribution in [2.45, 2.75) is 57.4 Å². The molecule has 1 N–H and O–H groups in total. The summed E-state index contributed by atoms with van der Waals surface area (Å²) in [5.41, 5.74) is 2.43. The Hall–Kier alpha value is -4.15. The molecular formula is C32H40N6O5. The summed E-state index contributed by atoms with van der Waals surface area (Å²) in [7, 11) is 3.26. The van der Waals surface area contributed by atoms with Crippen LogP contribution in [0.15, 0.2) is 36.8 Å². The number of likely N-dealkylation sites (tertiary alicyclic amines) is 1. The van der Waals surface area contributed by atoms with Crippen molar-refractivity contribution in [2.75, 3.05) is 40.4 Å². The summed E-state index contributed by atoms with van der Waals surface area (Å²) in [6.45, 7) is 2.35. The molecule has 3 aromatic rings. The highest BCUT2D eigenvalue weighted by molar-refractivity contribution is 5.93. The maximum Gasteiger partial charge on any atom is 0.274 e. The topological polar surface area (TPSA) is 118 Å². The highest BCUT2D eigenvalue weighted by Gasteiger charge is 2.43. The van der Waals surface area contributed by atoms with E-state index in [4.69, 9.17) is 9.47 Å². The fourth-order valence-electron chi connectivity index (χ4n) is 7.16. The van der Waals surface area contributed by atoms with Crippen LogP contribution in [0.1, 0.15) is 60.1 Å². The molecule has 43 heavy (non-hydrogen) atoms. The zero-order valence-electron chi connectivity index (χ0n) is 25.0. The van der Waals surface area contributed by atoms with Gasteiger partial charge in [0, 0.05) is 63.7 Å². The Morgan fingerprint density at radius 1 is 1.02 bits per heavy atom. The van der Waals surface area contributed by atoms with E-state index in [9.17, 15) is 14.4 Å². The van der Waals surface area contributed by atoms with E-state index < -0.39 is 0 Å². The van der Waals surface area contributed by atoms with Crippen molar-refractivity contribution in [1.82, 2.24) is 29.5 Å². The number of methoxy groups -OCH3 is 2. The summed E-state index contributed by atoms with van der Waals surface area (Å²) in [5.74, 6) is 2.24. The number of amides is 3. The van der Waals surface area contributed by atoms with Crippen molar-refractivity contribution in [3.63, 3.8) is 0 Å². The Balaban J connectivity index is 1.22. The average Bonchev–Trinajstić information content (AvgIpc) is 3.46. The first-order chi connectivity index (χ1) is 20.9. The number of ether oxygens (including phenoxy) is 2. The van der Waals surface area contributed by atoms with Crippen LogP contribution in [-0.2, 0) is 22.4 Å². The zero-order valence-corrected chi connectivity index (χ0v) is 25.0. The number of aromatic nitrogens is 3. The molecule has 2 fully saturated rings. The average molecular weight is 589 g/mol. The summed E-state index contributed by atoms with van der Waals surface area (Å²) < 4.78 is 13.0. The minimum Gasteiger partial charge on any atom is -0.493 e. The van der Waals surface area contributed by atoms with Gasteiger partial charge in [-0.3, -0.25) is 18.8 Å². The lowest BCUT2D eigenvalue weighted by Crippen LogP contribution is -2.60. The van der Waals surface area contributed by atoms with E-state index in [1.54, 1.807) is 37.1 Å². The Bertz CT molecular complexity index is 1470. The van der Waals surface area contributed by atoms with Gasteiger partial charge >= 0.3 is 0 Å². The van der Waals surface area contributed by atoms with Crippen LogP contribution in [0, 0.1) is 11.8 Å². The molecule has 5 heterocycles. The molecule has 1 aromatic carbocycles. The smallest absolute Gasteiger partial charge is 0.274 e. The number of aryl methyl sites for hydroxylation is 2. The van der Waals surface area contributed by atoms with Crippen molar-refractivity contribution < 1.29 is 23.9 Å². The van der Waals surface area contributed by atoms with Crippen LogP contribution in [0.25, 0.3) is 5.78 Å². The molecular weight excluding hydrogens is 548 g/mol. The summed E-state index contributed by atoms with van der Waals surface area (Å²) in [6.07, 6.45) is 10.5. The summed E-state index contributed by atoms with van der Waals surface area (Å²) in [6, 6.07) is 5.84. The lowest BCUT2D eigenvalue weighted by Gasteiger charge is -2.51. The lowest BCUT2D eigenvalue weighted by molar-refractivity contribution is -0.140. The third kappa shape index (κ3) is 6.16. The number of benzene rings is 1. The maximum absolute atomic E-state index is 13.8. The van der Waals surface area contributed by atoms with E-state index in [1.807, 2.05) is 17.2 Å². The molecule has 4 bridgehead atoms. The molecule has 2 aromatic heterocycles. The Morgan fingerprint density at radius 3 is 2.72 bits per heavy atom. The van der Waals surface area contributed by atoms with Gasteiger partial charge in [0.25, 0.3) is 5.91 Å². The third-order valence-electron chi connectivity index (χ3n) is 9.12. The highest BCUT2D eigenvalue weighted by atomic mass is 16.5. The van der Waals surface area contributed by atoms with E-state index in [2.05, 4.69) is 26.3 Å². The molecule has 6 rings (SSSR count). The molecule has 2 saturated heterocycles. The second kappa shape index (κ2) is 12.6. The van der Waals surface area contributed by atoms with Crippen LogP contribution in [0.4, 0.5) is 0 Å². The molecule has 0 unspecified atom stereocenters. The fourth-order valence-corrected chi connectivity index (χ4v) is 7.16. The number of nitrogens with zero attached hydrogens (tertiary/aromatic N) is 5. The molecule has 11 nitrogen and oxygen atoms in total. The van der Waals surface area contributed by atoms with Gasteiger partial charge in [0.05, 0.1) is 14.2 Å². The van der Waals surface area contributed by atoms with Gasteiger partial charge in [-0.1, -0.05) is 6.07 Å². The normalized spacial score (nSPS) is 23.4. The summed E-state index contributed by atoms with van der Waals surface area (Å²) in [4.78, 5) is 52.7. The lowest BCUT2D eigenvalue weighted by atomic mass is 9.77. The molecule has 11 heteroatoms. The van der Waals surface area contributed by atoms with Gasteiger partial charge in [0.2, 0.25) is 17.6 Å².